The average molecular weight is 465 g/mol. The Morgan fingerprint density at radius 1 is 0.808 bits per heavy atom. The van der Waals surface area contributed by atoms with Gasteiger partial charge in [-0.1, -0.05) is 24.3 Å². The molecule has 4 aromatic rings. The molecular formula is C20H11F3INO. The molecule has 0 fully saturated rings. The zero-order valence-electron chi connectivity index (χ0n) is 13.2. The third kappa shape index (κ3) is 2.68. The van der Waals surface area contributed by atoms with Gasteiger partial charge in [-0.05, 0) is 65.1 Å². The Kier molecular flexibility index (Phi) is 4.02. The van der Waals surface area contributed by atoms with Crippen LogP contribution in [0.15, 0.2) is 71.5 Å². The molecule has 0 aliphatic heterocycles. The predicted octanol–water partition coefficient (Wildman–Crippen LogP) is 5.77. The molecule has 1 aromatic heterocycles. The van der Waals surface area contributed by atoms with E-state index in [1.165, 1.54) is 6.07 Å². The summed E-state index contributed by atoms with van der Waals surface area (Å²) in [7, 11) is 0. The monoisotopic (exact) mass is 465 g/mol. The second-order valence-corrected chi connectivity index (χ2v) is 7.02. The van der Waals surface area contributed by atoms with Crippen molar-refractivity contribution in [1.29, 1.82) is 0 Å². The van der Waals surface area contributed by atoms with Crippen LogP contribution in [0.5, 0.6) is 0 Å². The fourth-order valence-electron chi connectivity index (χ4n) is 3.12. The number of nitrogens with zero attached hydrogens (tertiary/aromatic N) is 1. The van der Waals surface area contributed by atoms with Crippen LogP contribution < -0.4 is 5.43 Å². The minimum Gasteiger partial charge on any atom is -0.308 e. The number of halogens is 4. The Morgan fingerprint density at radius 3 is 1.85 bits per heavy atom. The van der Waals surface area contributed by atoms with Crippen molar-refractivity contribution in [2.45, 2.75) is 6.18 Å². The van der Waals surface area contributed by atoms with Crippen molar-refractivity contribution in [1.82, 2.24) is 4.57 Å². The largest absolute Gasteiger partial charge is 0.416 e. The summed E-state index contributed by atoms with van der Waals surface area (Å²) in [5.41, 5.74) is 1.14. The molecule has 0 aliphatic rings. The van der Waals surface area contributed by atoms with Gasteiger partial charge in [0.15, 0.2) is 5.43 Å². The number of pyridine rings is 1. The van der Waals surface area contributed by atoms with Gasteiger partial charge in [-0.15, -0.1) is 0 Å². The average Bonchev–Trinajstić information content (AvgIpc) is 2.62. The first-order valence-electron chi connectivity index (χ1n) is 7.77. The van der Waals surface area contributed by atoms with Gasteiger partial charge >= 0.3 is 6.18 Å². The SMILES string of the molecule is O=c1c2ccccc2n(-c2ccc(C(F)(F)F)cc2I)c2ccccc12. The topological polar surface area (TPSA) is 22.0 Å². The van der Waals surface area contributed by atoms with Gasteiger partial charge in [0.1, 0.15) is 0 Å². The van der Waals surface area contributed by atoms with Crippen molar-refractivity contribution in [2.24, 2.45) is 0 Å². The van der Waals surface area contributed by atoms with Gasteiger partial charge < -0.3 is 4.57 Å². The maximum absolute atomic E-state index is 13.0. The highest BCUT2D eigenvalue weighted by atomic mass is 127. The lowest BCUT2D eigenvalue weighted by Gasteiger charge is -2.18. The summed E-state index contributed by atoms with van der Waals surface area (Å²) in [4.78, 5) is 12.8. The molecule has 6 heteroatoms. The first-order chi connectivity index (χ1) is 12.4. The number of aromatic nitrogens is 1. The van der Waals surface area contributed by atoms with Crippen molar-refractivity contribution in [3.63, 3.8) is 0 Å². The lowest BCUT2D eigenvalue weighted by Crippen LogP contribution is -2.12. The normalized spacial score (nSPS) is 12.0. The van der Waals surface area contributed by atoms with Crippen LogP contribution in [-0.4, -0.2) is 4.57 Å². The third-order valence-electron chi connectivity index (χ3n) is 4.30. The molecule has 0 aliphatic carbocycles. The van der Waals surface area contributed by atoms with Crippen LogP contribution in [0.1, 0.15) is 5.56 Å². The minimum absolute atomic E-state index is 0.0885. The number of rotatable bonds is 1. The van der Waals surface area contributed by atoms with Crippen molar-refractivity contribution < 1.29 is 13.2 Å². The highest BCUT2D eigenvalue weighted by Gasteiger charge is 2.31. The summed E-state index contributed by atoms with van der Waals surface area (Å²) in [6.45, 7) is 0. The zero-order valence-corrected chi connectivity index (χ0v) is 15.4. The summed E-state index contributed by atoms with van der Waals surface area (Å²) in [5, 5.41) is 1.06. The molecule has 0 saturated heterocycles. The van der Waals surface area contributed by atoms with Crippen LogP contribution in [-0.2, 0) is 6.18 Å². The van der Waals surface area contributed by atoms with E-state index in [0.717, 1.165) is 12.1 Å². The number of hydrogen-bond acceptors (Lipinski definition) is 1. The molecule has 130 valence electrons. The molecule has 0 N–H and O–H groups in total. The summed E-state index contributed by atoms with van der Waals surface area (Å²) >= 11 is 1.90. The number of benzene rings is 3. The van der Waals surface area contributed by atoms with E-state index in [9.17, 15) is 18.0 Å². The van der Waals surface area contributed by atoms with Gasteiger partial charge in [0.05, 0.1) is 22.3 Å². The van der Waals surface area contributed by atoms with Gasteiger partial charge in [-0.25, -0.2) is 0 Å². The second kappa shape index (κ2) is 6.12. The molecule has 0 saturated carbocycles. The summed E-state index contributed by atoms with van der Waals surface area (Å²) in [6, 6.07) is 17.9. The van der Waals surface area contributed by atoms with E-state index in [2.05, 4.69) is 0 Å². The van der Waals surface area contributed by atoms with Crippen molar-refractivity contribution >= 4 is 44.4 Å². The molecule has 2 nitrogen and oxygen atoms in total. The predicted molar refractivity (Wildman–Crippen MR) is 105 cm³/mol. The van der Waals surface area contributed by atoms with E-state index < -0.39 is 11.7 Å². The van der Waals surface area contributed by atoms with E-state index in [4.69, 9.17) is 0 Å². The highest BCUT2D eigenvalue weighted by Crippen LogP contribution is 2.33. The van der Waals surface area contributed by atoms with E-state index in [0.29, 0.717) is 31.1 Å². The number of para-hydroxylation sites is 2. The Balaban J connectivity index is 2.14. The molecule has 0 bridgehead atoms. The Bertz CT molecular complexity index is 1150. The van der Waals surface area contributed by atoms with E-state index in [-0.39, 0.29) is 5.43 Å². The van der Waals surface area contributed by atoms with Crippen LogP contribution in [0.2, 0.25) is 0 Å². The van der Waals surface area contributed by atoms with Crippen LogP contribution in [0.25, 0.3) is 27.5 Å². The van der Waals surface area contributed by atoms with Gasteiger partial charge in [-0.2, -0.15) is 13.2 Å². The molecule has 3 aromatic carbocycles. The van der Waals surface area contributed by atoms with Crippen molar-refractivity contribution in [3.05, 3.63) is 86.1 Å². The molecule has 4 rings (SSSR count). The van der Waals surface area contributed by atoms with Crippen LogP contribution in [0.4, 0.5) is 13.2 Å². The first-order valence-corrected chi connectivity index (χ1v) is 8.85. The zero-order chi connectivity index (χ0) is 18.5. The third-order valence-corrected chi connectivity index (χ3v) is 5.16. The molecule has 0 spiro atoms. The van der Waals surface area contributed by atoms with Crippen molar-refractivity contribution in [3.8, 4) is 5.69 Å². The summed E-state index contributed by atoms with van der Waals surface area (Å²) in [5.74, 6) is 0. The van der Waals surface area contributed by atoms with E-state index in [1.807, 2.05) is 39.3 Å². The Labute approximate surface area is 160 Å². The van der Waals surface area contributed by atoms with Gasteiger partial charge in [0.2, 0.25) is 0 Å². The van der Waals surface area contributed by atoms with Gasteiger partial charge in [-0.3, -0.25) is 4.79 Å². The second-order valence-electron chi connectivity index (χ2n) is 5.86. The molecule has 26 heavy (non-hydrogen) atoms. The van der Waals surface area contributed by atoms with E-state index >= 15 is 0 Å². The number of fused-ring (bicyclic) bond motifs is 2. The highest BCUT2D eigenvalue weighted by molar-refractivity contribution is 14.1. The molecule has 1 heterocycles. The smallest absolute Gasteiger partial charge is 0.308 e. The number of hydrogen-bond donors (Lipinski definition) is 0. The molecule has 0 unspecified atom stereocenters. The summed E-state index contributed by atoms with van der Waals surface area (Å²) in [6.07, 6.45) is -4.40. The molecule has 0 amide bonds. The van der Waals surface area contributed by atoms with Crippen molar-refractivity contribution in [2.75, 3.05) is 0 Å². The maximum Gasteiger partial charge on any atom is 0.416 e. The lowest BCUT2D eigenvalue weighted by molar-refractivity contribution is -0.137. The van der Waals surface area contributed by atoms with Crippen LogP contribution in [0, 0.1) is 3.57 Å². The Hall–Kier alpha value is -2.35. The van der Waals surface area contributed by atoms with Gasteiger partial charge in [0, 0.05) is 14.3 Å². The van der Waals surface area contributed by atoms with Gasteiger partial charge in [0.25, 0.3) is 0 Å². The minimum atomic E-state index is -4.40. The first kappa shape index (κ1) is 17.1. The molecule has 0 radical (unpaired) electrons. The Morgan fingerprint density at radius 2 is 1.35 bits per heavy atom. The maximum atomic E-state index is 13.0. The fourth-order valence-corrected chi connectivity index (χ4v) is 3.88. The standard InChI is InChI=1S/C20H11F3INO/c21-20(22,23)12-9-10-18(15(24)11-12)25-16-7-3-1-5-13(16)19(26)14-6-2-4-8-17(14)25/h1-11H. The molecular weight excluding hydrogens is 454 g/mol. The van der Waals surface area contributed by atoms with Crippen LogP contribution in [0.3, 0.4) is 0 Å². The fraction of sp³-hybridized carbons (Fsp3) is 0.0500. The molecule has 0 atom stereocenters. The quantitative estimate of drug-likeness (QED) is 0.259. The van der Waals surface area contributed by atoms with Crippen LogP contribution >= 0.6 is 22.6 Å². The van der Waals surface area contributed by atoms with E-state index in [1.54, 1.807) is 36.4 Å². The number of alkyl halides is 3. The lowest BCUT2D eigenvalue weighted by atomic mass is 10.1. The summed E-state index contributed by atoms with van der Waals surface area (Å²) < 4.78 is 41.3.